The second-order valence-corrected chi connectivity index (χ2v) is 7.64. The van der Waals surface area contributed by atoms with Crippen LogP contribution < -0.4 is 0 Å². The molecule has 21 heavy (non-hydrogen) atoms. The highest BCUT2D eigenvalue weighted by atomic mass is 32.2. The number of thiazole rings is 1. The Labute approximate surface area is 132 Å². The van der Waals surface area contributed by atoms with Crippen LogP contribution in [0.15, 0.2) is 15.3 Å². The first-order valence-electron chi connectivity index (χ1n) is 7.52. The van der Waals surface area contributed by atoms with Crippen LogP contribution in [0.1, 0.15) is 48.7 Å². The summed E-state index contributed by atoms with van der Waals surface area (Å²) in [6.07, 6.45) is 8.11. The van der Waals surface area contributed by atoms with Crippen LogP contribution in [0.5, 0.6) is 0 Å². The van der Waals surface area contributed by atoms with Gasteiger partial charge in [-0.2, -0.15) is 4.99 Å². The highest BCUT2D eigenvalue weighted by molar-refractivity contribution is 8.18. The fourth-order valence-corrected chi connectivity index (χ4v) is 4.54. The van der Waals surface area contributed by atoms with Gasteiger partial charge in [0.05, 0.1) is 15.6 Å². The van der Waals surface area contributed by atoms with Crippen molar-refractivity contribution in [2.45, 2.75) is 38.0 Å². The SMILES string of the molecule is O=C1N=C(N2CCCCC2)SC1=Cc1csc(C2CC2)n1. The standard InChI is InChI=1S/C15H17N3OS2/c19-13-12(8-11-9-20-14(16-11)10-4-5-10)21-15(17-13)18-6-2-1-3-7-18/h8-10H,1-7H2. The number of hydrogen-bond donors (Lipinski definition) is 0. The molecule has 0 aromatic carbocycles. The highest BCUT2D eigenvalue weighted by Gasteiger charge is 2.28. The van der Waals surface area contributed by atoms with Gasteiger partial charge in [-0.3, -0.25) is 4.79 Å². The van der Waals surface area contributed by atoms with Crippen molar-refractivity contribution in [3.05, 3.63) is 21.0 Å². The third-order valence-corrected chi connectivity index (χ3v) is 6.05. The monoisotopic (exact) mass is 319 g/mol. The van der Waals surface area contributed by atoms with Crippen molar-refractivity contribution in [1.82, 2.24) is 9.88 Å². The van der Waals surface area contributed by atoms with Crippen molar-refractivity contribution in [3.63, 3.8) is 0 Å². The maximum absolute atomic E-state index is 12.1. The molecule has 0 spiro atoms. The molecule has 0 N–H and O–H groups in total. The molecule has 2 fully saturated rings. The number of piperidine rings is 1. The zero-order valence-electron chi connectivity index (χ0n) is 11.7. The fourth-order valence-electron chi connectivity index (χ4n) is 2.64. The largest absolute Gasteiger partial charge is 0.351 e. The van der Waals surface area contributed by atoms with Crippen molar-refractivity contribution in [1.29, 1.82) is 0 Å². The number of nitrogens with zero attached hydrogens (tertiary/aromatic N) is 3. The topological polar surface area (TPSA) is 45.6 Å². The van der Waals surface area contributed by atoms with Gasteiger partial charge in [0, 0.05) is 24.4 Å². The average Bonchev–Trinajstić information content (AvgIpc) is 3.16. The summed E-state index contributed by atoms with van der Waals surface area (Å²) in [7, 11) is 0. The number of aromatic nitrogens is 1. The Morgan fingerprint density at radius 2 is 2.05 bits per heavy atom. The summed E-state index contributed by atoms with van der Waals surface area (Å²) in [6, 6.07) is 0. The number of amides is 1. The Morgan fingerprint density at radius 3 is 2.81 bits per heavy atom. The van der Waals surface area contributed by atoms with Crippen LogP contribution in [-0.2, 0) is 4.79 Å². The molecule has 2 aliphatic heterocycles. The Kier molecular flexibility index (Phi) is 3.59. The van der Waals surface area contributed by atoms with E-state index in [1.54, 1.807) is 11.3 Å². The first-order chi connectivity index (χ1) is 10.3. The van der Waals surface area contributed by atoms with Crippen molar-refractivity contribution >= 4 is 40.2 Å². The predicted octanol–water partition coefficient (Wildman–Crippen LogP) is 3.48. The van der Waals surface area contributed by atoms with Gasteiger partial charge in [-0.05, 0) is 49.9 Å². The van der Waals surface area contributed by atoms with E-state index in [9.17, 15) is 4.79 Å². The molecule has 0 bridgehead atoms. The van der Waals surface area contributed by atoms with Crippen LogP contribution in [0.3, 0.4) is 0 Å². The second-order valence-electron chi connectivity index (χ2n) is 5.74. The molecular formula is C15H17N3OS2. The van der Waals surface area contributed by atoms with Crippen LogP contribution in [0.4, 0.5) is 0 Å². The smallest absolute Gasteiger partial charge is 0.286 e. The lowest BCUT2D eigenvalue weighted by atomic mass is 10.1. The zero-order chi connectivity index (χ0) is 14.2. The van der Waals surface area contributed by atoms with Crippen molar-refractivity contribution in [3.8, 4) is 0 Å². The first-order valence-corrected chi connectivity index (χ1v) is 9.22. The van der Waals surface area contributed by atoms with E-state index in [-0.39, 0.29) is 5.91 Å². The van der Waals surface area contributed by atoms with Gasteiger partial charge in [-0.15, -0.1) is 11.3 Å². The van der Waals surface area contributed by atoms with E-state index in [2.05, 4.69) is 14.9 Å². The predicted molar refractivity (Wildman–Crippen MR) is 87.5 cm³/mol. The maximum atomic E-state index is 12.1. The molecule has 0 radical (unpaired) electrons. The van der Waals surface area contributed by atoms with E-state index < -0.39 is 0 Å². The number of amidine groups is 1. The molecule has 0 unspecified atom stereocenters. The van der Waals surface area contributed by atoms with Gasteiger partial charge >= 0.3 is 0 Å². The molecule has 1 aliphatic carbocycles. The summed E-state index contributed by atoms with van der Waals surface area (Å²) in [5.41, 5.74) is 0.910. The van der Waals surface area contributed by atoms with Crippen LogP contribution in [0, 0.1) is 0 Å². The van der Waals surface area contributed by atoms with Crippen molar-refractivity contribution in [2.24, 2.45) is 4.99 Å². The average molecular weight is 319 g/mol. The molecule has 3 aliphatic rings. The minimum atomic E-state index is -0.110. The fraction of sp³-hybridized carbons (Fsp3) is 0.533. The summed E-state index contributed by atoms with van der Waals surface area (Å²) in [5, 5.41) is 4.14. The third-order valence-electron chi connectivity index (χ3n) is 3.98. The van der Waals surface area contributed by atoms with Crippen LogP contribution in [0.2, 0.25) is 0 Å². The summed E-state index contributed by atoms with van der Waals surface area (Å²) in [6.45, 7) is 2.05. The number of thioether (sulfide) groups is 1. The molecule has 3 heterocycles. The summed E-state index contributed by atoms with van der Waals surface area (Å²) >= 11 is 3.22. The number of carbonyl (C=O) groups is 1. The van der Waals surface area contributed by atoms with E-state index in [4.69, 9.17) is 0 Å². The van der Waals surface area contributed by atoms with Crippen LogP contribution in [0.25, 0.3) is 6.08 Å². The maximum Gasteiger partial charge on any atom is 0.286 e. The van der Waals surface area contributed by atoms with Gasteiger partial charge < -0.3 is 4.90 Å². The first kappa shape index (κ1) is 13.5. The normalized spacial score (nSPS) is 24.8. The van der Waals surface area contributed by atoms with Crippen LogP contribution in [-0.4, -0.2) is 34.0 Å². The minimum Gasteiger partial charge on any atom is -0.351 e. The summed E-state index contributed by atoms with van der Waals surface area (Å²) < 4.78 is 0. The molecule has 1 saturated carbocycles. The number of rotatable bonds is 2. The molecule has 1 saturated heterocycles. The van der Waals surface area contributed by atoms with Gasteiger partial charge in [0.25, 0.3) is 5.91 Å². The van der Waals surface area contributed by atoms with E-state index in [1.807, 2.05) is 11.5 Å². The Bertz CT molecular complexity index is 625. The number of aliphatic imine (C=N–C) groups is 1. The molecule has 0 atom stereocenters. The number of likely N-dealkylation sites (tertiary alicyclic amines) is 1. The Hall–Kier alpha value is -1.14. The van der Waals surface area contributed by atoms with Gasteiger partial charge in [0.2, 0.25) is 0 Å². The van der Waals surface area contributed by atoms with Crippen molar-refractivity contribution < 1.29 is 4.79 Å². The molecule has 110 valence electrons. The zero-order valence-corrected chi connectivity index (χ0v) is 13.4. The summed E-state index contributed by atoms with van der Waals surface area (Å²) in [4.78, 5) is 23.8. The Morgan fingerprint density at radius 1 is 1.24 bits per heavy atom. The lowest BCUT2D eigenvalue weighted by molar-refractivity contribution is -0.113. The molecular weight excluding hydrogens is 302 g/mol. The van der Waals surface area contributed by atoms with Gasteiger partial charge in [-0.25, -0.2) is 4.98 Å². The quantitative estimate of drug-likeness (QED) is 0.783. The molecule has 4 nitrogen and oxygen atoms in total. The molecule has 6 heteroatoms. The van der Waals surface area contributed by atoms with E-state index in [1.165, 1.54) is 48.9 Å². The van der Waals surface area contributed by atoms with Gasteiger partial charge in [0.1, 0.15) is 0 Å². The molecule has 4 rings (SSSR count). The van der Waals surface area contributed by atoms with E-state index in [0.29, 0.717) is 10.8 Å². The minimum absolute atomic E-state index is 0.110. The highest BCUT2D eigenvalue weighted by Crippen LogP contribution is 2.41. The van der Waals surface area contributed by atoms with E-state index >= 15 is 0 Å². The lowest BCUT2D eigenvalue weighted by Crippen LogP contribution is -2.33. The molecule has 1 amide bonds. The summed E-state index contributed by atoms with van der Waals surface area (Å²) in [5.74, 6) is 0.566. The number of hydrogen-bond acceptors (Lipinski definition) is 5. The van der Waals surface area contributed by atoms with Gasteiger partial charge in [0.15, 0.2) is 5.17 Å². The van der Waals surface area contributed by atoms with Gasteiger partial charge in [-0.1, -0.05) is 0 Å². The van der Waals surface area contributed by atoms with Crippen molar-refractivity contribution in [2.75, 3.05) is 13.1 Å². The third kappa shape index (κ3) is 2.92. The lowest BCUT2D eigenvalue weighted by Gasteiger charge is -2.27. The number of carbonyl (C=O) groups excluding carboxylic acids is 1. The van der Waals surface area contributed by atoms with Crippen LogP contribution >= 0.6 is 23.1 Å². The van der Waals surface area contributed by atoms with E-state index in [0.717, 1.165) is 24.0 Å². The second kappa shape index (κ2) is 5.57. The molecule has 1 aromatic heterocycles. The Balaban J connectivity index is 1.48. The molecule has 1 aromatic rings.